The Hall–Kier alpha value is -2.31. The summed E-state index contributed by atoms with van der Waals surface area (Å²) < 4.78 is 5.73. The number of hydrogen-bond donors (Lipinski definition) is 2. The normalized spacial score (nSPS) is 13.9. The molecule has 0 unspecified atom stereocenters. The molecule has 6 heteroatoms. The second-order valence-corrected chi connectivity index (χ2v) is 5.57. The van der Waals surface area contributed by atoms with E-state index in [2.05, 4.69) is 0 Å². The second kappa shape index (κ2) is 6.85. The molecule has 0 bridgehead atoms. The van der Waals surface area contributed by atoms with Crippen molar-refractivity contribution in [1.82, 2.24) is 4.90 Å². The second-order valence-electron chi connectivity index (χ2n) is 5.57. The summed E-state index contributed by atoms with van der Waals surface area (Å²) in [5, 5.41) is 18.2. The molecule has 23 heavy (non-hydrogen) atoms. The third-order valence-electron chi connectivity index (χ3n) is 3.89. The van der Waals surface area contributed by atoms with Gasteiger partial charge in [0.15, 0.2) is 0 Å². The minimum Gasteiger partial charge on any atom is -0.457 e. The van der Waals surface area contributed by atoms with Crippen LogP contribution in [-0.4, -0.2) is 41.1 Å². The highest BCUT2D eigenvalue weighted by molar-refractivity contribution is 6.58. The molecule has 0 aliphatic carbocycles. The van der Waals surface area contributed by atoms with Gasteiger partial charge in [0.05, 0.1) is 0 Å². The summed E-state index contributed by atoms with van der Waals surface area (Å²) in [4.78, 5) is 14.2. The molecule has 118 valence electrons. The van der Waals surface area contributed by atoms with E-state index in [4.69, 9.17) is 14.8 Å². The summed E-state index contributed by atoms with van der Waals surface area (Å²) >= 11 is 0. The van der Waals surface area contributed by atoms with Crippen molar-refractivity contribution in [3.05, 3.63) is 54.1 Å². The van der Waals surface area contributed by atoms with Crippen LogP contribution in [0, 0.1) is 0 Å². The van der Waals surface area contributed by atoms with Crippen molar-refractivity contribution in [2.75, 3.05) is 13.1 Å². The van der Waals surface area contributed by atoms with Gasteiger partial charge in [0.2, 0.25) is 0 Å². The van der Waals surface area contributed by atoms with Crippen LogP contribution in [-0.2, 0) is 0 Å². The predicted molar refractivity (Wildman–Crippen MR) is 87.9 cm³/mol. The average molecular weight is 311 g/mol. The number of amides is 1. The highest BCUT2D eigenvalue weighted by Crippen LogP contribution is 2.23. The molecule has 1 aliphatic rings. The Bertz CT molecular complexity index is 681. The maximum Gasteiger partial charge on any atom is 0.488 e. The predicted octanol–water partition coefficient (Wildman–Crippen LogP) is 1.39. The summed E-state index contributed by atoms with van der Waals surface area (Å²) in [6.07, 6.45) is 2.12. The molecule has 3 rings (SSSR count). The summed E-state index contributed by atoms with van der Waals surface area (Å²) in [6, 6.07) is 13.6. The molecule has 1 fully saturated rings. The highest BCUT2D eigenvalue weighted by Gasteiger charge is 2.19. The smallest absolute Gasteiger partial charge is 0.457 e. The first-order chi connectivity index (χ1) is 11.1. The molecule has 0 saturated carbocycles. The van der Waals surface area contributed by atoms with Crippen LogP contribution in [0.5, 0.6) is 11.5 Å². The molecule has 1 aliphatic heterocycles. The van der Waals surface area contributed by atoms with E-state index in [0.29, 0.717) is 22.5 Å². The van der Waals surface area contributed by atoms with Gasteiger partial charge < -0.3 is 19.7 Å². The minimum absolute atomic E-state index is 0.0340. The molecule has 0 spiro atoms. The van der Waals surface area contributed by atoms with Crippen LogP contribution < -0.4 is 10.2 Å². The SMILES string of the molecule is O=C(c1cccc(Oc2ccc(B(O)O)cc2)c1)N1CCCC1. The molecule has 2 aromatic rings. The van der Waals surface area contributed by atoms with Crippen molar-refractivity contribution in [1.29, 1.82) is 0 Å². The lowest BCUT2D eigenvalue weighted by Crippen LogP contribution is -2.29. The van der Waals surface area contributed by atoms with Crippen LogP contribution in [0.3, 0.4) is 0 Å². The quantitative estimate of drug-likeness (QED) is 0.837. The molecule has 5 nitrogen and oxygen atoms in total. The zero-order valence-electron chi connectivity index (χ0n) is 12.7. The first-order valence-electron chi connectivity index (χ1n) is 7.67. The largest absolute Gasteiger partial charge is 0.488 e. The average Bonchev–Trinajstić information content (AvgIpc) is 3.09. The number of nitrogens with zero attached hydrogens (tertiary/aromatic N) is 1. The minimum atomic E-state index is -1.49. The summed E-state index contributed by atoms with van der Waals surface area (Å²) in [5.74, 6) is 1.18. The van der Waals surface area contributed by atoms with Crippen molar-refractivity contribution in [2.45, 2.75) is 12.8 Å². The van der Waals surface area contributed by atoms with Crippen LogP contribution in [0.2, 0.25) is 0 Å². The standard InChI is InChI=1S/C17H18BNO4/c20-17(19-10-1-2-11-19)13-4-3-5-16(12-13)23-15-8-6-14(7-9-15)18(21)22/h3-9,12,21-22H,1-2,10-11H2. The Balaban J connectivity index is 1.73. The molecule has 1 amide bonds. The monoisotopic (exact) mass is 311 g/mol. The first-order valence-corrected chi connectivity index (χ1v) is 7.67. The van der Waals surface area contributed by atoms with E-state index in [0.717, 1.165) is 25.9 Å². The molecule has 0 radical (unpaired) electrons. The fourth-order valence-corrected chi connectivity index (χ4v) is 2.64. The third-order valence-corrected chi connectivity index (χ3v) is 3.89. The molecule has 1 heterocycles. The Morgan fingerprint density at radius 3 is 2.35 bits per heavy atom. The van der Waals surface area contributed by atoms with Gasteiger partial charge in [-0.2, -0.15) is 0 Å². The van der Waals surface area contributed by atoms with Crippen molar-refractivity contribution in [3.8, 4) is 11.5 Å². The summed E-state index contributed by atoms with van der Waals surface area (Å²) in [7, 11) is -1.49. The van der Waals surface area contributed by atoms with Crippen LogP contribution >= 0.6 is 0 Å². The Labute approximate surface area is 135 Å². The van der Waals surface area contributed by atoms with E-state index >= 15 is 0 Å². The van der Waals surface area contributed by atoms with Gasteiger partial charge in [-0.15, -0.1) is 0 Å². The fraction of sp³-hybridized carbons (Fsp3) is 0.235. The van der Waals surface area contributed by atoms with Gasteiger partial charge in [-0.05, 0) is 48.6 Å². The maximum absolute atomic E-state index is 12.4. The van der Waals surface area contributed by atoms with Crippen LogP contribution in [0.1, 0.15) is 23.2 Å². The topological polar surface area (TPSA) is 70.0 Å². The van der Waals surface area contributed by atoms with E-state index < -0.39 is 7.12 Å². The number of rotatable bonds is 4. The molecule has 0 atom stereocenters. The zero-order chi connectivity index (χ0) is 16.2. The van der Waals surface area contributed by atoms with E-state index in [1.165, 1.54) is 0 Å². The van der Waals surface area contributed by atoms with E-state index in [1.54, 1.807) is 48.5 Å². The Morgan fingerprint density at radius 1 is 1.00 bits per heavy atom. The lowest BCUT2D eigenvalue weighted by Gasteiger charge is -2.15. The van der Waals surface area contributed by atoms with E-state index in [9.17, 15) is 4.79 Å². The van der Waals surface area contributed by atoms with Gasteiger partial charge >= 0.3 is 7.12 Å². The van der Waals surface area contributed by atoms with Gasteiger partial charge in [0, 0.05) is 18.7 Å². The van der Waals surface area contributed by atoms with Crippen molar-refractivity contribution >= 4 is 18.5 Å². The fourth-order valence-electron chi connectivity index (χ4n) is 2.64. The van der Waals surface area contributed by atoms with Gasteiger partial charge in [0.1, 0.15) is 11.5 Å². The molecular weight excluding hydrogens is 293 g/mol. The van der Waals surface area contributed by atoms with Crippen LogP contribution in [0.4, 0.5) is 0 Å². The number of carbonyl (C=O) groups is 1. The highest BCUT2D eigenvalue weighted by atomic mass is 16.5. The Kier molecular flexibility index (Phi) is 4.64. The van der Waals surface area contributed by atoms with Gasteiger partial charge in [-0.1, -0.05) is 18.2 Å². The molecule has 1 saturated heterocycles. The van der Waals surface area contributed by atoms with Crippen molar-refractivity contribution < 1.29 is 19.6 Å². The molecule has 2 N–H and O–H groups in total. The van der Waals surface area contributed by atoms with Crippen molar-refractivity contribution in [3.63, 3.8) is 0 Å². The first kappa shape index (κ1) is 15.6. The third kappa shape index (κ3) is 3.72. The molecule has 0 aromatic heterocycles. The molecule has 2 aromatic carbocycles. The van der Waals surface area contributed by atoms with Gasteiger partial charge in [-0.25, -0.2) is 0 Å². The van der Waals surface area contributed by atoms with Crippen LogP contribution in [0.15, 0.2) is 48.5 Å². The number of carbonyl (C=O) groups excluding carboxylic acids is 1. The van der Waals surface area contributed by atoms with E-state index in [1.807, 2.05) is 4.90 Å². The Morgan fingerprint density at radius 2 is 1.70 bits per heavy atom. The lowest BCUT2D eigenvalue weighted by molar-refractivity contribution is 0.0792. The van der Waals surface area contributed by atoms with Crippen LogP contribution in [0.25, 0.3) is 0 Å². The zero-order valence-corrected chi connectivity index (χ0v) is 12.7. The summed E-state index contributed by atoms with van der Waals surface area (Å²) in [6.45, 7) is 1.63. The maximum atomic E-state index is 12.4. The number of benzene rings is 2. The van der Waals surface area contributed by atoms with Crippen molar-refractivity contribution in [2.24, 2.45) is 0 Å². The summed E-state index contributed by atoms with van der Waals surface area (Å²) in [5.41, 5.74) is 1.02. The number of hydrogen-bond acceptors (Lipinski definition) is 4. The van der Waals surface area contributed by atoms with E-state index in [-0.39, 0.29) is 5.91 Å². The molecular formula is C17H18BNO4. The number of ether oxygens (including phenoxy) is 1. The van der Waals surface area contributed by atoms with Gasteiger partial charge in [-0.3, -0.25) is 4.79 Å². The van der Waals surface area contributed by atoms with Gasteiger partial charge in [0.25, 0.3) is 5.91 Å². The lowest BCUT2D eigenvalue weighted by atomic mass is 9.80. The number of likely N-dealkylation sites (tertiary alicyclic amines) is 1.